The van der Waals surface area contributed by atoms with Gasteiger partial charge in [0.25, 0.3) is 5.91 Å². The highest BCUT2D eigenvalue weighted by Gasteiger charge is 2.17. The SMILES string of the molecule is CN(CCN1CCCC1)C(=O)c1ccc(Cl)cc1N. The number of carbonyl (C=O) groups is 1. The van der Waals surface area contributed by atoms with E-state index in [1.54, 1.807) is 23.1 Å². The van der Waals surface area contributed by atoms with Crippen LogP contribution in [0, 0.1) is 0 Å². The van der Waals surface area contributed by atoms with E-state index < -0.39 is 0 Å². The highest BCUT2D eigenvalue weighted by molar-refractivity contribution is 6.31. The van der Waals surface area contributed by atoms with Crippen molar-refractivity contribution in [2.75, 3.05) is 39.0 Å². The van der Waals surface area contributed by atoms with E-state index in [4.69, 9.17) is 17.3 Å². The van der Waals surface area contributed by atoms with Crippen LogP contribution in [0.4, 0.5) is 5.69 Å². The van der Waals surface area contributed by atoms with Gasteiger partial charge in [0.1, 0.15) is 0 Å². The molecule has 1 aliphatic heterocycles. The van der Waals surface area contributed by atoms with Crippen LogP contribution in [-0.4, -0.2) is 48.9 Å². The minimum Gasteiger partial charge on any atom is -0.398 e. The van der Waals surface area contributed by atoms with E-state index in [2.05, 4.69) is 4.90 Å². The summed E-state index contributed by atoms with van der Waals surface area (Å²) in [6.45, 7) is 3.94. The maximum absolute atomic E-state index is 12.3. The number of carbonyl (C=O) groups excluding carboxylic acids is 1. The predicted molar refractivity (Wildman–Crippen MR) is 78.5 cm³/mol. The Hall–Kier alpha value is -1.26. The number of halogens is 1. The number of nitrogens with zero attached hydrogens (tertiary/aromatic N) is 2. The van der Waals surface area contributed by atoms with Crippen molar-refractivity contribution >= 4 is 23.2 Å². The number of likely N-dealkylation sites (N-methyl/N-ethyl adjacent to an activating group) is 1. The highest BCUT2D eigenvalue weighted by Crippen LogP contribution is 2.19. The summed E-state index contributed by atoms with van der Waals surface area (Å²) in [6, 6.07) is 4.99. The molecule has 0 atom stereocenters. The number of benzene rings is 1. The summed E-state index contributed by atoms with van der Waals surface area (Å²) < 4.78 is 0. The minimum atomic E-state index is -0.0478. The number of hydrogen-bond donors (Lipinski definition) is 1. The van der Waals surface area contributed by atoms with E-state index in [0.717, 1.165) is 26.2 Å². The molecule has 0 aliphatic carbocycles. The standard InChI is InChI=1S/C14H20ClN3O/c1-17(8-9-18-6-2-3-7-18)14(19)12-5-4-11(15)10-13(12)16/h4-5,10H,2-3,6-9,16H2,1H3. The molecular weight excluding hydrogens is 262 g/mol. The third kappa shape index (κ3) is 3.61. The molecule has 0 aromatic heterocycles. The lowest BCUT2D eigenvalue weighted by Gasteiger charge is -2.22. The fourth-order valence-electron chi connectivity index (χ4n) is 2.33. The van der Waals surface area contributed by atoms with E-state index in [1.807, 2.05) is 7.05 Å². The average Bonchev–Trinajstić information content (AvgIpc) is 2.88. The first-order chi connectivity index (χ1) is 9.08. The van der Waals surface area contributed by atoms with Crippen LogP contribution in [0.1, 0.15) is 23.2 Å². The zero-order valence-corrected chi connectivity index (χ0v) is 12.0. The monoisotopic (exact) mass is 281 g/mol. The first-order valence-corrected chi connectivity index (χ1v) is 6.98. The molecule has 1 aliphatic rings. The molecule has 19 heavy (non-hydrogen) atoms. The van der Waals surface area contributed by atoms with Gasteiger partial charge in [-0.05, 0) is 44.1 Å². The van der Waals surface area contributed by atoms with Crippen LogP contribution in [0.2, 0.25) is 5.02 Å². The summed E-state index contributed by atoms with van der Waals surface area (Å²) in [5.74, 6) is -0.0478. The molecule has 104 valence electrons. The zero-order valence-electron chi connectivity index (χ0n) is 11.2. The molecule has 1 heterocycles. The van der Waals surface area contributed by atoms with Gasteiger partial charge in [0, 0.05) is 30.8 Å². The third-order valence-corrected chi connectivity index (χ3v) is 3.78. The Morgan fingerprint density at radius 3 is 2.74 bits per heavy atom. The third-order valence-electron chi connectivity index (χ3n) is 3.54. The van der Waals surface area contributed by atoms with Crippen LogP contribution in [0.15, 0.2) is 18.2 Å². The van der Waals surface area contributed by atoms with Gasteiger partial charge in [0.05, 0.1) is 5.56 Å². The normalized spacial score (nSPS) is 15.7. The van der Waals surface area contributed by atoms with Crippen LogP contribution in [0.3, 0.4) is 0 Å². The first kappa shape index (κ1) is 14.2. The van der Waals surface area contributed by atoms with Crippen LogP contribution in [-0.2, 0) is 0 Å². The average molecular weight is 282 g/mol. The minimum absolute atomic E-state index is 0.0478. The fraction of sp³-hybridized carbons (Fsp3) is 0.500. The molecule has 2 rings (SSSR count). The second-order valence-corrected chi connectivity index (χ2v) is 5.44. The molecule has 0 saturated carbocycles. The molecule has 0 radical (unpaired) electrons. The Kier molecular flexibility index (Phi) is 4.66. The van der Waals surface area contributed by atoms with Crippen molar-refractivity contribution in [2.45, 2.75) is 12.8 Å². The molecule has 1 amide bonds. The summed E-state index contributed by atoms with van der Waals surface area (Å²) in [4.78, 5) is 16.4. The fourth-order valence-corrected chi connectivity index (χ4v) is 2.51. The molecule has 1 saturated heterocycles. The predicted octanol–water partition coefficient (Wildman–Crippen LogP) is 2.09. The second kappa shape index (κ2) is 6.26. The number of anilines is 1. The van der Waals surface area contributed by atoms with Gasteiger partial charge in [-0.25, -0.2) is 0 Å². The Bertz CT molecular complexity index is 458. The smallest absolute Gasteiger partial charge is 0.255 e. The lowest BCUT2D eigenvalue weighted by Crippen LogP contribution is -2.35. The van der Waals surface area contributed by atoms with Crippen LogP contribution >= 0.6 is 11.6 Å². The molecule has 5 heteroatoms. The van der Waals surface area contributed by atoms with Gasteiger partial charge in [-0.3, -0.25) is 4.79 Å². The van der Waals surface area contributed by atoms with Gasteiger partial charge in [-0.2, -0.15) is 0 Å². The largest absolute Gasteiger partial charge is 0.398 e. The van der Waals surface area contributed by atoms with E-state index in [0.29, 0.717) is 16.3 Å². The Morgan fingerprint density at radius 2 is 2.11 bits per heavy atom. The van der Waals surface area contributed by atoms with Crippen molar-refractivity contribution < 1.29 is 4.79 Å². The van der Waals surface area contributed by atoms with Crippen LogP contribution < -0.4 is 5.73 Å². The van der Waals surface area contributed by atoms with E-state index in [-0.39, 0.29) is 5.91 Å². The van der Waals surface area contributed by atoms with Gasteiger partial charge >= 0.3 is 0 Å². The Morgan fingerprint density at radius 1 is 1.42 bits per heavy atom. The second-order valence-electron chi connectivity index (χ2n) is 5.01. The van der Waals surface area contributed by atoms with Crippen molar-refractivity contribution in [1.82, 2.24) is 9.80 Å². The number of rotatable bonds is 4. The number of nitrogens with two attached hydrogens (primary N) is 1. The lowest BCUT2D eigenvalue weighted by atomic mass is 10.1. The topological polar surface area (TPSA) is 49.6 Å². The van der Waals surface area contributed by atoms with E-state index in [9.17, 15) is 4.79 Å². The summed E-state index contributed by atoms with van der Waals surface area (Å²) in [5.41, 5.74) is 6.79. The highest BCUT2D eigenvalue weighted by atomic mass is 35.5. The first-order valence-electron chi connectivity index (χ1n) is 6.61. The molecule has 1 aromatic rings. The Labute approximate surface area is 119 Å². The molecule has 1 fully saturated rings. The van der Waals surface area contributed by atoms with Gasteiger partial charge in [0.15, 0.2) is 0 Å². The van der Waals surface area contributed by atoms with Crippen LogP contribution in [0.5, 0.6) is 0 Å². The quantitative estimate of drug-likeness (QED) is 0.860. The van der Waals surface area contributed by atoms with E-state index >= 15 is 0 Å². The lowest BCUT2D eigenvalue weighted by molar-refractivity contribution is 0.0783. The maximum Gasteiger partial charge on any atom is 0.255 e. The zero-order chi connectivity index (χ0) is 13.8. The molecule has 1 aromatic carbocycles. The van der Waals surface area contributed by atoms with Crippen LogP contribution in [0.25, 0.3) is 0 Å². The van der Waals surface area contributed by atoms with Gasteiger partial charge in [-0.1, -0.05) is 11.6 Å². The van der Waals surface area contributed by atoms with Crippen molar-refractivity contribution in [3.8, 4) is 0 Å². The number of nitrogen functional groups attached to an aromatic ring is 1. The molecule has 0 unspecified atom stereocenters. The van der Waals surface area contributed by atoms with Crippen molar-refractivity contribution in [3.63, 3.8) is 0 Å². The maximum atomic E-state index is 12.3. The summed E-state index contributed by atoms with van der Waals surface area (Å²) in [5, 5.41) is 0.550. The number of amides is 1. The molecule has 4 nitrogen and oxygen atoms in total. The number of likely N-dealkylation sites (tertiary alicyclic amines) is 1. The Balaban J connectivity index is 1.94. The molecule has 2 N–H and O–H groups in total. The molecule has 0 bridgehead atoms. The number of hydrogen-bond acceptors (Lipinski definition) is 3. The van der Waals surface area contributed by atoms with E-state index in [1.165, 1.54) is 12.8 Å². The van der Waals surface area contributed by atoms with Gasteiger partial charge < -0.3 is 15.5 Å². The van der Waals surface area contributed by atoms with Gasteiger partial charge in [-0.15, -0.1) is 0 Å². The van der Waals surface area contributed by atoms with Crippen molar-refractivity contribution in [3.05, 3.63) is 28.8 Å². The van der Waals surface area contributed by atoms with Gasteiger partial charge in [0.2, 0.25) is 0 Å². The van der Waals surface area contributed by atoms with Crippen molar-refractivity contribution in [1.29, 1.82) is 0 Å². The van der Waals surface area contributed by atoms with Crippen molar-refractivity contribution in [2.24, 2.45) is 0 Å². The summed E-state index contributed by atoms with van der Waals surface area (Å²) in [6.07, 6.45) is 2.53. The summed E-state index contributed by atoms with van der Waals surface area (Å²) >= 11 is 5.84. The molecule has 0 spiro atoms. The summed E-state index contributed by atoms with van der Waals surface area (Å²) in [7, 11) is 1.81. The molecular formula is C14H20ClN3O.